The van der Waals surface area contributed by atoms with Gasteiger partial charge in [-0.1, -0.05) is 26.7 Å². The SMILES string of the molecule is C[C@H](CC(N)=O)C(=O)NCCO[C@@H]1CCCC[C@H]1C. The number of amides is 2. The van der Waals surface area contributed by atoms with Gasteiger partial charge >= 0.3 is 0 Å². The lowest BCUT2D eigenvalue weighted by Gasteiger charge is -2.28. The first-order valence-electron chi connectivity index (χ1n) is 7.18. The lowest BCUT2D eigenvalue weighted by atomic mass is 9.88. The molecule has 0 aromatic heterocycles. The van der Waals surface area contributed by atoms with Gasteiger partial charge in [-0.15, -0.1) is 0 Å². The molecular formula is C14H26N2O3. The van der Waals surface area contributed by atoms with E-state index in [1.165, 1.54) is 19.3 Å². The molecule has 0 radical (unpaired) electrons. The van der Waals surface area contributed by atoms with Crippen molar-refractivity contribution in [3.8, 4) is 0 Å². The van der Waals surface area contributed by atoms with Crippen molar-refractivity contribution in [2.75, 3.05) is 13.2 Å². The number of nitrogens with one attached hydrogen (secondary N) is 1. The van der Waals surface area contributed by atoms with E-state index in [4.69, 9.17) is 10.5 Å². The predicted octanol–water partition coefficient (Wildman–Crippen LogP) is 1.21. The third-order valence-electron chi connectivity index (χ3n) is 3.72. The third-order valence-corrected chi connectivity index (χ3v) is 3.72. The molecule has 0 aromatic carbocycles. The van der Waals surface area contributed by atoms with Crippen LogP contribution in [-0.4, -0.2) is 31.1 Å². The summed E-state index contributed by atoms with van der Waals surface area (Å²) in [6.45, 7) is 4.94. The van der Waals surface area contributed by atoms with Crippen LogP contribution in [0.1, 0.15) is 46.0 Å². The van der Waals surface area contributed by atoms with Crippen molar-refractivity contribution in [1.82, 2.24) is 5.32 Å². The summed E-state index contributed by atoms with van der Waals surface area (Å²) in [5.41, 5.74) is 5.06. The van der Waals surface area contributed by atoms with Crippen molar-refractivity contribution in [2.24, 2.45) is 17.6 Å². The highest BCUT2D eigenvalue weighted by atomic mass is 16.5. The number of hydrogen-bond acceptors (Lipinski definition) is 3. The molecule has 0 heterocycles. The van der Waals surface area contributed by atoms with Gasteiger partial charge in [0.1, 0.15) is 0 Å². The average molecular weight is 270 g/mol. The quantitative estimate of drug-likeness (QED) is 0.682. The van der Waals surface area contributed by atoms with Gasteiger partial charge in [-0.2, -0.15) is 0 Å². The first-order chi connectivity index (χ1) is 9.00. The van der Waals surface area contributed by atoms with Crippen LogP contribution in [0.5, 0.6) is 0 Å². The van der Waals surface area contributed by atoms with Gasteiger partial charge in [0.15, 0.2) is 0 Å². The highest BCUT2D eigenvalue weighted by molar-refractivity contribution is 5.84. The van der Waals surface area contributed by atoms with E-state index < -0.39 is 5.91 Å². The molecule has 1 saturated carbocycles. The van der Waals surface area contributed by atoms with E-state index in [0.29, 0.717) is 25.2 Å². The van der Waals surface area contributed by atoms with Crippen LogP contribution < -0.4 is 11.1 Å². The maximum atomic E-state index is 11.6. The van der Waals surface area contributed by atoms with Crippen molar-refractivity contribution in [3.05, 3.63) is 0 Å². The van der Waals surface area contributed by atoms with Crippen LogP contribution in [0, 0.1) is 11.8 Å². The molecule has 1 rings (SSSR count). The highest BCUT2D eigenvalue weighted by Gasteiger charge is 2.21. The Bertz CT molecular complexity index is 307. The van der Waals surface area contributed by atoms with Gasteiger partial charge in [-0.3, -0.25) is 9.59 Å². The second-order valence-corrected chi connectivity index (χ2v) is 5.53. The molecule has 0 saturated heterocycles. The summed E-state index contributed by atoms with van der Waals surface area (Å²) in [7, 11) is 0. The number of hydrogen-bond donors (Lipinski definition) is 2. The van der Waals surface area contributed by atoms with Gasteiger partial charge in [-0.25, -0.2) is 0 Å². The largest absolute Gasteiger partial charge is 0.376 e. The standard InChI is InChI=1S/C14H26N2O3/c1-10-5-3-4-6-12(10)19-8-7-16-14(18)11(2)9-13(15)17/h10-12H,3-9H2,1-2H3,(H2,15,17)(H,16,18)/t10-,11-,12-/m1/s1. The molecule has 110 valence electrons. The Morgan fingerprint density at radius 1 is 1.37 bits per heavy atom. The van der Waals surface area contributed by atoms with E-state index in [1.807, 2.05) is 0 Å². The fourth-order valence-corrected chi connectivity index (χ4v) is 2.48. The van der Waals surface area contributed by atoms with Crippen LogP contribution in [-0.2, 0) is 14.3 Å². The number of rotatable bonds is 7. The van der Waals surface area contributed by atoms with Gasteiger partial charge < -0.3 is 15.8 Å². The summed E-state index contributed by atoms with van der Waals surface area (Å²) >= 11 is 0. The Kier molecular flexibility index (Phi) is 6.84. The number of carbonyl (C=O) groups is 2. The molecule has 0 aliphatic heterocycles. The van der Waals surface area contributed by atoms with E-state index >= 15 is 0 Å². The summed E-state index contributed by atoms with van der Waals surface area (Å²) < 4.78 is 5.80. The van der Waals surface area contributed by atoms with Gasteiger partial charge in [0.05, 0.1) is 12.7 Å². The summed E-state index contributed by atoms with van der Waals surface area (Å²) in [6.07, 6.45) is 5.29. The van der Waals surface area contributed by atoms with Gasteiger partial charge in [-0.05, 0) is 18.8 Å². The molecule has 0 unspecified atom stereocenters. The highest BCUT2D eigenvalue weighted by Crippen LogP contribution is 2.25. The van der Waals surface area contributed by atoms with E-state index in [-0.39, 0.29) is 18.2 Å². The number of nitrogens with two attached hydrogens (primary N) is 1. The second-order valence-electron chi connectivity index (χ2n) is 5.53. The lowest BCUT2D eigenvalue weighted by Crippen LogP contribution is -2.35. The van der Waals surface area contributed by atoms with E-state index in [1.54, 1.807) is 6.92 Å². The zero-order chi connectivity index (χ0) is 14.3. The van der Waals surface area contributed by atoms with Crippen molar-refractivity contribution >= 4 is 11.8 Å². The molecule has 1 aliphatic rings. The Hall–Kier alpha value is -1.10. The molecule has 0 bridgehead atoms. The van der Waals surface area contributed by atoms with E-state index in [0.717, 1.165) is 6.42 Å². The molecule has 3 N–H and O–H groups in total. The van der Waals surface area contributed by atoms with Crippen molar-refractivity contribution in [3.63, 3.8) is 0 Å². The van der Waals surface area contributed by atoms with Crippen molar-refractivity contribution in [1.29, 1.82) is 0 Å². The van der Waals surface area contributed by atoms with Crippen LogP contribution >= 0.6 is 0 Å². The minimum absolute atomic E-state index is 0.0896. The molecule has 19 heavy (non-hydrogen) atoms. The van der Waals surface area contributed by atoms with E-state index in [2.05, 4.69) is 12.2 Å². The maximum Gasteiger partial charge on any atom is 0.223 e. The maximum absolute atomic E-state index is 11.6. The summed E-state index contributed by atoms with van der Waals surface area (Å²) in [6, 6.07) is 0. The number of primary amides is 1. The molecule has 0 aromatic rings. The molecule has 1 fully saturated rings. The van der Waals surface area contributed by atoms with Crippen LogP contribution in [0.4, 0.5) is 0 Å². The third kappa shape index (κ3) is 6.05. The van der Waals surface area contributed by atoms with Gasteiger partial charge in [0.25, 0.3) is 0 Å². The lowest BCUT2D eigenvalue weighted by molar-refractivity contribution is -0.128. The zero-order valence-corrected chi connectivity index (χ0v) is 12.0. The first kappa shape index (κ1) is 16.0. The van der Waals surface area contributed by atoms with Crippen molar-refractivity contribution in [2.45, 2.75) is 52.1 Å². The Labute approximate surface area is 115 Å². The predicted molar refractivity (Wildman–Crippen MR) is 73.4 cm³/mol. The average Bonchev–Trinajstić information content (AvgIpc) is 2.35. The minimum atomic E-state index is -0.449. The molecule has 3 atom stereocenters. The minimum Gasteiger partial charge on any atom is -0.376 e. The monoisotopic (exact) mass is 270 g/mol. The molecule has 0 spiro atoms. The molecular weight excluding hydrogens is 244 g/mol. The van der Waals surface area contributed by atoms with Crippen LogP contribution in [0.3, 0.4) is 0 Å². The molecule has 5 nitrogen and oxygen atoms in total. The number of ether oxygens (including phenoxy) is 1. The normalized spacial score (nSPS) is 24.7. The van der Waals surface area contributed by atoms with Gasteiger partial charge in [0.2, 0.25) is 11.8 Å². The smallest absolute Gasteiger partial charge is 0.223 e. The fourth-order valence-electron chi connectivity index (χ4n) is 2.48. The molecule has 1 aliphatic carbocycles. The zero-order valence-electron chi connectivity index (χ0n) is 12.0. The Morgan fingerprint density at radius 3 is 2.68 bits per heavy atom. The van der Waals surface area contributed by atoms with Crippen LogP contribution in [0.2, 0.25) is 0 Å². The Balaban J connectivity index is 2.12. The fraction of sp³-hybridized carbons (Fsp3) is 0.857. The van der Waals surface area contributed by atoms with Crippen molar-refractivity contribution < 1.29 is 14.3 Å². The topological polar surface area (TPSA) is 81.4 Å². The van der Waals surface area contributed by atoms with Gasteiger partial charge in [0, 0.05) is 18.9 Å². The van der Waals surface area contributed by atoms with E-state index in [9.17, 15) is 9.59 Å². The number of carbonyl (C=O) groups excluding carboxylic acids is 2. The summed E-state index contributed by atoms with van der Waals surface area (Å²) in [4.78, 5) is 22.3. The Morgan fingerprint density at radius 2 is 2.05 bits per heavy atom. The second kappa shape index (κ2) is 8.15. The molecule has 5 heteroatoms. The summed E-state index contributed by atoms with van der Waals surface area (Å²) in [5, 5.41) is 2.77. The summed E-state index contributed by atoms with van der Waals surface area (Å²) in [5.74, 6) is -0.349. The van der Waals surface area contributed by atoms with Crippen LogP contribution in [0.25, 0.3) is 0 Å². The van der Waals surface area contributed by atoms with Crippen LogP contribution in [0.15, 0.2) is 0 Å². The first-order valence-corrected chi connectivity index (χ1v) is 7.18. The molecule has 2 amide bonds.